The van der Waals surface area contributed by atoms with Gasteiger partial charge in [-0.15, -0.1) is 0 Å². The molecule has 1 saturated heterocycles. The third-order valence-corrected chi connectivity index (χ3v) is 5.74. The highest BCUT2D eigenvalue weighted by Crippen LogP contribution is 2.32. The Morgan fingerprint density at radius 1 is 1.00 bits per heavy atom. The molecule has 2 amide bonds. The third-order valence-electron chi connectivity index (χ3n) is 5.74. The van der Waals surface area contributed by atoms with Crippen molar-refractivity contribution in [2.24, 2.45) is 17.8 Å². The lowest BCUT2D eigenvalue weighted by Gasteiger charge is -2.36. The van der Waals surface area contributed by atoms with Crippen molar-refractivity contribution in [1.82, 2.24) is 9.80 Å². The predicted molar refractivity (Wildman–Crippen MR) is 93.0 cm³/mol. The van der Waals surface area contributed by atoms with Crippen molar-refractivity contribution >= 4 is 11.8 Å². The normalized spacial score (nSPS) is 26.1. The van der Waals surface area contributed by atoms with Crippen LogP contribution in [-0.2, 0) is 9.59 Å². The molecule has 0 aromatic carbocycles. The van der Waals surface area contributed by atoms with E-state index in [0.29, 0.717) is 5.91 Å². The highest BCUT2D eigenvalue weighted by atomic mass is 16.2. The van der Waals surface area contributed by atoms with Gasteiger partial charge in [-0.3, -0.25) is 9.59 Å². The van der Waals surface area contributed by atoms with Crippen LogP contribution in [-0.4, -0.2) is 48.3 Å². The second-order valence-electron chi connectivity index (χ2n) is 7.67. The first kappa shape index (κ1) is 18.3. The molecule has 1 aliphatic carbocycles. The van der Waals surface area contributed by atoms with Gasteiger partial charge in [0.1, 0.15) is 0 Å². The Morgan fingerprint density at radius 3 is 2.13 bits per heavy atom. The number of carbonyl (C=O) groups excluding carboxylic acids is 2. The zero-order chi connectivity index (χ0) is 16.8. The van der Waals surface area contributed by atoms with E-state index in [-0.39, 0.29) is 17.7 Å². The number of rotatable bonds is 5. The molecule has 0 atom stereocenters. The monoisotopic (exact) mass is 322 g/mol. The zero-order valence-corrected chi connectivity index (χ0v) is 15.2. The lowest BCUT2D eigenvalue weighted by atomic mass is 9.80. The topological polar surface area (TPSA) is 40.6 Å². The van der Waals surface area contributed by atoms with E-state index in [2.05, 4.69) is 18.7 Å². The second-order valence-corrected chi connectivity index (χ2v) is 7.67. The minimum absolute atomic E-state index is 0.141. The molecule has 132 valence electrons. The molecule has 0 radical (unpaired) electrons. The van der Waals surface area contributed by atoms with Gasteiger partial charge in [0.25, 0.3) is 0 Å². The van der Waals surface area contributed by atoms with Gasteiger partial charge in [0.2, 0.25) is 11.8 Å². The summed E-state index contributed by atoms with van der Waals surface area (Å²) in [6, 6.07) is 0. The maximum atomic E-state index is 12.6. The molecule has 2 fully saturated rings. The Kier molecular flexibility index (Phi) is 6.91. The van der Waals surface area contributed by atoms with Crippen LogP contribution >= 0.6 is 0 Å². The average Bonchev–Trinajstić information content (AvgIpc) is 2.59. The third kappa shape index (κ3) is 4.95. The van der Waals surface area contributed by atoms with E-state index in [1.807, 2.05) is 11.9 Å². The molecule has 23 heavy (non-hydrogen) atoms. The summed E-state index contributed by atoms with van der Waals surface area (Å²) in [5.41, 5.74) is 0. The summed E-state index contributed by atoms with van der Waals surface area (Å²) >= 11 is 0. The van der Waals surface area contributed by atoms with Gasteiger partial charge >= 0.3 is 0 Å². The van der Waals surface area contributed by atoms with Crippen LogP contribution in [0.25, 0.3) is 0 Å². The summed E-state index contributed by atoms with van der Waals surface area (Å²) in [6.07, 6.45) is 8.03. The number of unbranched alkanes of at least 4 members (excludes halogenated alkanes) is 1. The van der Waals surface area contributed by atoms with Gasteiger partial charge in [-0.1, -0.05) is 20.3 Å². The molecule has 4 heteroatoms. The van der Waals surface area contributed by atoms with E-state index in [1.54, 1.807) is 0 Å². The zero-order valence-electron chi connectivity index (χ0n) is 15.2. The number of nitrogens with zero attached hydrogens (tertiary/aromatic N) is 2. The lowest BCUT2D eigenvalue weighted by molar-refractivity contribution is -0.141. The summed E-state index contributed by atoms with van der Waals surface area (Å²) in [7, 11) is 1.92. The molecule has 0 aromatic heterocycles. The Morgan fingerprint density at radius 2 is 1.57 bits per heavy atom. The summed E-state index contributed by atoms with van der Waals surface area (Å²) in [5, 5.41) is 0. The molecule has 0 unspecified atom stereocenters. The van der Waals surface area contributed by atoms with E-state index >= 15 is 0 Å². The van der Waals surface area contributed by atoms with E-state index in [9.17, 15) is 9.59 Å². The summed E-state index contributed by atoms with van der Waals surface area (Å²) < 4.78 is 0. The Balaban J connectivity index is 1.77. The average molecular weight is 322 g/mol. The molecule has 1 heterocycles. The summed E-state index contributed by atoms with van der Waals surface area (Å²) in [5.74, 6) is 1.69. The quantitative estimate of drug-likeness (QED) is 0.779. The van der Waals surface area contributed by atoms with Crippen LogP contribution in [0.3, 0.4) is 0 Å². The number of hydrogen-bond donors (Lipinski definition) is 0. The summed E-state index contributed by atoms with van der Waals surface area (Å²) in [6.45, 7) is 7.14. The SMILES string of the molecule is CCCCN(C)C(=O)C1CCC(C(=O)N2CCC(C)CC2)CC1. The van der Waals surface area contributed by atoms with Crippen molar-refractivity contribution in [2.45, 2.75) is 65.2 Å². The van der Waals surface area contributed by atoms with E-state index in [0.717, 1.165) is 76.9 Å². The van der Waals surface area contributed by atoms with Crippen molar-refractivity contribution in [3.05, 3.63) is 0 Å². The molecular weight excluding hydrogens is 288 g/mol. The highest BCUT2D eigenvalue weighted by Gasteiger charge is 2.33. The fraction of sp³-hybridized carbons (Fsp3) is 0.895. The minimum atomic E-state index is 0.141. The van der Waals surface area contributed by atoms with Gasteiger partial charge in [-0.25, -0.2) is 0 Å². The first-order valence-corrected chi connectivity index (χ1v) is 9.56. The Labute approximate surface area is 141 Å². The second kappa shape index (κ2) is 8.70. The van der Waals surface area contributed by atoms with Crippen LogP contribution in [0.5, 0.6) is 0 Å². The van der Waals surface area contributed by atoms with Gasteiger partial charge in [-0.2, -0.15) is 0 Å². The first-order valence-electron chi connectivity index (χ1n) is 9.56. The molecule has 2 aliphatic rings. The van der Waals surface area contributed by atoms with Crippen molar-refractivity contribution in [2.75, 3.05) is 26.7 Å². The van der Waals surface area contributed by atoms with Crippen LogP contribution in [0.4, 0.5) is 0 Å². The first-order chi connectivity index (χ1) is 11.0. The van der Waals surface area contributed by atoms with E-state index < -0.39 is 0 Å². The molecule has 0 N–H and O–H groups in total. The maximum Gasteiger partial charge on any atom is 0.225 e. The molecule has 4 nitrogen and oxygen atoms in total. The molecule has 2 rings (SSSR count). The molecular formula is C19H34N2O2. The number of likely N-dealkylation sites (tertiary alicyclic amines) is 1. The van der Waals surface area contributed by atoms with E-state index in [4.69, 9.17) is 0 Å². The largest absolute Gasteiger partial charge is 0.346 e. The fourth-order valence-electron chi connectivity index (χ4n) is 3.89. The van der Waals surface area contributed by atoms with Crippen LogP contribution in [0.15, 0.2) is 0 Å². The Bertz CT molecular complexity index is 394. The number of hydrogen-bond acceptors (Lipinski definition) is 2. The fourth-order valence-corrected chi connectivity index (χ4v) is 3.89. The molecule has 0 aromatic rings. The number of piperidine rings is 1. The molecule has 0 bridgehead atoms. The van der Waals surface area contributed by atoms with Crippen LogP contribution in [0.2, 0.25) is 0 Å². The molecule has 0 spiro atoms. The molecule has 1 saturated carbocycles. The minimum Gasteiger partial charge on any atom is -0.346 e. The van der Waals surface area contributed by atoms with Crippen molar-refractivity contribution in [1.29, 1.82) is 0 Å². The van der Waals surface area contributed by atoms with Gasteiger partial charge in [0.05, 0.1) is 0 Å². The maximum absolute atomic E-state index is 12.6. The van der Waals surface area contributed by atoms with E-state index in [1.165, 1.54) is 0 Å². The predicted octanol–water partition coefficient (Wildman–Crippen LogP) is 3.31. The van der Waals surface area contributed by atoms with Crippen LogP contribution in [0, 0.1) is 17.8 Å². The van der Waals surface area contributed by atoms with Gasteiger partial charge in [-0.05, 0) is 50.9 Å². The van der Waals surface area contributed by atoms with Crippen molar-refractivity contribution in [3.8, 4) is 0 Å². The van der Waals surface area contributed by atoms with Gasteiger partial charge in [0, 0.05) is 38.5 Å². The molecule has 1 aliphatic heterocycles. The van der Waals surface area contributed by atoms with Crippen LogP contribution < -0.4 is 0 Å². The standard InChI is InChI=1S/C19H34N2O2/c1-4-5-12-20(3)18(22)16-6-8-17(9-7-16)19(23)21-13-10-15(2)11-14-21/h15-17H,4-14H2,1-3H3. The van der Waals surface area contributed by atoms with Crippen LogP contribution in [0.1, 0.15) is 65.2 Å². The smallest absolute Gasteiger partial charge is 0.225 e. The summed E-state index contributed by atoms with van der Waals surface area (Å²) in [4.78, 5) is 29.1. The Hall–Kier alpha value is -1.06. The van der Waals surface area contributed by atoms with Crippen molar-refractivity contribution < 1.29 is 9.59 Å². The number of amides is 2. The highest BCUT2D eigenvalue weighted by molar-refractivity contribution is 5.81. The van der Waals surface area contributed by atoms with Gasteiger partial charge < -0.3 is 9.80 Å². The lowest BCUT2D eigenvalue weighted by Crippen LogP contribution is -2.43. The van der Waals surface area contributed by atoms with Crippen molar-refractivity contribution in [3.63, 3.8) is 0 Å². The number of carbonyl (C=O) groups is 2. The van der Waals surface area contributed by atoms with Gasteiger partial charge in [0.15, 0.2) is 0 Å².